The van der Waals surface area contributed by atoms with E-state index in [1.807, 2.05) is 0 Å². The molecule has 2 rings (SSSR count). The molecule has 0 bridgehead atoms. The van der Waals surface area contributed by atoms with Gasteiger partial charge in [0.1, 0.15) is 11.9 Å². The fourth-order valence-corrected chi connectivity index (χ4v) is 2.77. The van der Waals surface area contributed by atoms with Crippen molar-refractivity contribution in [3.63, 3.8) is 0 Å². The smallest absolute Gasteiger partial charge is 0.137 e. The van der Waals surface area contributed by atoms with E-state index >= 15 is 0 Å². The summed E-state index contributed by atoms with van der Waals surface area (Å²) in [7, 11) is 0. The molecule has 0 radical (unpaired) electrons. The van der Waals surface area contributed by atoms with E-state index in [-0.39, 0.29) is 6.10 Å². The zero-order valence-electron chi connectivity index (χ0n) is 13.8. The van der Waals surface area contributed by atoms with Crippen LogP contribution in [-0.4, -0.2) is 31.9 Å². The van der Waals surface area contributed by atoms with Crippen molar-refractivity contribution in [2.24, 2.45) is 0 Å². The molecule has 0 amide bonds. The Hall–Kier alpha value is -1.06. The minimum absolute atomic E-state index is 0.101. The van der Waals surface area contributed by atoms with Crippen molar-refractivity contribution in [2.45, 2.75) is 58.6 Å². The van der Waals surface area contributed by atoms with Crippen molar-refractivity contribution in [2.75, 3.05) is 19.8 Å². The molecule has 1 saturated heterocycles. The highest BCUT2D eigenvalue weighted by Gasteiger charge is 2.27. The van der Waals surface area contributed by atoms with E-state index in [0.717, 1.165) is 31.7 Å². The van der Waals surface area contributed by atoms with Crippen LogP contribution in [0.15, 0.2) is 18.2 Å². The van der Waals surface area contributed by atoms with Gasteiger partial charge in [0.05, 0.1) is 6.61 Å². The van der Waals surface area contributed by atoms with E-state index in [2.05, 4.69) is 51.2 Å². The fourth-order valence-electron chi connectivity index (χ4n) is 2.77. The minimum atomic E-state index is 0.101. The molecule has 1 fully saturated rings. The number of nitrogens with one attached hydrogen (secondary N) is 1. The predicted molar refractivity (Wildman–Crippen MR) is 87.2 cm³/mol. The SMILES string of the molecule is CCCNC1CCOCC1Oc1cc(C)ccc1C(C)C. The second-order valence-electron chi connectivity index (χ2n) is 6.28. The lowest BCUT2D eigenvalue weighted by atomic mass is 10.00. The number of ether oxygens (including phenoxy) is 2. The van der Waals surface area contributed by atoms with Crippen LogP contribution in [0.2, 0.25) is 0 Å². The largest absolute Gasteiger partial charge is 0.486 e. The topological polar surface area (TPSA) is 30.5 Å². The molecule has 2 atom stereocenters. The van der Waals surface area contributed by atoms with Crippen LogP contribution in [0, 0.1) is 6.92 Å². The number of benzene rings is 1. The summed E-state index contributed by atoms with van der Waals surface area (Å²) in [6, 6.07) is 6.89. The van der Waals surface area contributed by atoms with Crippen molar-refractivity contribution in [3.8, 4) is 5.75 Å². The average molecular weight is 291 g/mol. The highest BCUT2D eigenvalue weighted by atomic mass is 16.5. The lowest BCUT2D eigenvalue weighted by molar-refractivity contribution is -0.0150. The van der Waals surface area contributed by atoms with Crippen LogP contribution in [0.5, 0.6) is 5.75 Å². The molecule has 0 aromatic heterocycles. The number of rotatable bonds is 6. The molecule has 0 spiro atoms. The van der Waals surface area contributed by atoms with Gasteiger partial charge in [0.25, 0.3) is 0 Å². The third-order valence-electron chi connectivity index (χ3n) is 4.03. The van der Waals surface area contributed by atoms with Crippen LogP contribution >= 0.6 is 0 Å². The Bertz CT molecular complexity index is 445. The predicted octanol–water partition coefficient (Wildman–Crippen LogP) is 3.65. The first-order valence-electron chi connectivity index (χ1n) is 8.20. The van der Waals surface area contributed by atoms with Gasteiger partial charge >= 0.3 is 0 Å². The Morgan fingerprint density at radius 1 is 1.38 bits per heavy atom. The van der Waals surface area contributed by atoms with Crippen molar-refractivity contribution in [1.29, 1.82) is 0 Å². The van der Waals surface area contributed by atoms with E-state index in [9.17, 15) is 0 Å². The van der Waals surface area contributed by atoms with E-state index in [1.54, 1.807) is 0 Å². The molecule has 3 nitrogen and oxygen atoms in total. The molecule has 1 aromatic carbocycles. The highest BCUT2D eigenvalue weighted by molar-refractivity contribution is 5.39. The van der Waals surface area contributed by atoms with Gasteiger partial charge < -0.3 is 14.8 Å². The Morgan fingerprint density at radius 3 is 2.90 bits per heavy atom. The molecular weight excluding hydrogens is 262 g/mol. The van der Waals surface area contributed by atoms with Gasteiger partial charge in [0.15, 0.2) is 0 Å². The van der Waals surface area contributed by atoms with Crippen LogP contribution in [-0.2, 0) is 4.74 Å². The molecular formula is C18H29NO2. The van der Waals surface area contributed by atoms with Crippen LogP contribution in [0.4, 0.5) is 0 Å². The molecule has 1 aromatic rings. The summed E-state index contributed by atoms with van der Waals surface area (Å²) in [5.41, 5.74) is 2.52. The Balaban J connectivity index is 2.12. The maximum absolute atomic E-state index is 6.35. The fraction of sp³-hybridized carbons (Fsp3) is 0.667. The molecule has 2 unspecified atom stereocenters. The van der Waals surface area contributed by atoms with Crippen LogP contribution < -0.4 is 10.1 Å². The first-order valence-corrected chi connectivity index (χ1v) is 8.20. The van der Waals surface area contributed by atoms with Crippen molar-refractivity contribution < 1.29 is 9.47 Å². The van der Waals surface area contributed by atoms with Crippen LogP contribution in [0.1, 0.15) is 50.7 Å². The summed E-state index contributed by atoms with van der Waals surface area (Å²) >= 11 is 0. The molecule has 3 heteroatoms. The third-order valence-corrected chi connectivity index (χ3v) is 4.03. The second kappa shape index (κ2) is 7.81. The van der Waals surface area contributed by atoms with Crippen molar-refractivity contribution in [1.82, 2.24) is 5.32 Å². The summed E-state index contributed by atoms with van der Waals surface area (Å²) in [5.74, 6) is 1.48. The van der Waals surface area contributed by atoms with Gasteiger partial charge in [-0.05, 0) is 49.4 Å². The summed E-state index contributed by atoms with van der Waals surface area (Å²) in [5, 5.41) is 3.60. The minimum Gasteiger partial charge on any atom is -0.486 e. The number of hydrogen-bond donors (Lipinski definition) is 1. The second-order valence-corrected chi connectivity index (χ2v) is 6.28. The Kier molecular flexibility index (Phi) is 6.07. The van der Waals surface area contributed by atoms with Gasteiger partial charge in [-0.2, -0.15) is 0 Å². The average Bonchev–Trinajstić information content (AvgIpc) is 2.46. The normalized spacial score (nSPS) is 22.5. The monoisotopic (exact) mass is 291 g/mol. The Morgan fingerprint density at radius 2 is 2.19 bits per heavy atom. The maximum atomic E-state index is 6.35. The molecule has 1 aliphatic heterocycles. The van der Waals surface area contributed by atoms with E-state index in [0.29, 0.717) is 18.6 Å². The molecule has 1 heterocycles. The first-order chi connectivity index (χ1) is 10.1. The molecule has 0 saturated carbocycles. The summed E-state index contributed by atoms with van der Waals surface area (Å²) in [6.45, 7) is 11.3. The van der Waals surface area contributed by atoms with Crippen molar-refractivity contribution >= 4 is 0 Å². The van der Waals surface area contributed by atoms with Gasteiger partial charge in [-0.3, -0.25) is 0 Å². The molecule has 21 heavy (non-hydrogen) atoms. The van der Waals surface area contributed by atoms with Gasteiger partial charge in [0.2, 0.25) is 0 Å². The molecule has 1 N–H and O–H groups in total. The lowest BCUT2D eigenvalue weighted by Crippen LogP contribution is -2.49. The molecule has 1 aliphatic rings. The van der Waals surface area contributed by atoms with E-state index < -0.39 is 0 Å². The molecule has 0 aliphatic carbocycles. The van der Waals surface area contributed by atoms with Gasteiger partial charge in [-0.25, -0.2) is 0 Å². The summed E-state index contributed by atoms with van der Waals surface area (Å²) in [4.78, 5) is 0. The Labute approximate surface area is 129 Å². The van der Waals surface area contributed by atoms with Crippen LogP contribution in [0.3, 0.4) is 0 Å². The van der Waals surface area contributed by atoms with E-state index in [1.165, 1.54) is 11.1 Å². The van der Waals surface area contributed by atoms with Crippen molar-refractivity contribution in [3.05, 3.63) is 29.3 Å². The van der Waals surface area contributed by atoms with E-state index in [4.69, 9.17) is 9.47 Å². The quantitative estimate of drug-likeness (QED) is 0.867. The van der Waals surface area contributed by atoms with Gasteiger partial charge in [-0.1, -0.05) is 32.9 Å². The summed E-state index contributed by atoms with van der Waals surface area (Å²) < 4.78 is 12.0. The third kappa shape index (κ3) is 4.45. The number of hydrogen-bond acceptors (Lipinski definition) is 3. The van der Waals surface area contributed by atoms with Crippen LogP contribution in [0.25, 0.3) is 0 Å². The van der Waals surface area contributed by atoms with Gasteiger partial charge in [-0.15, -0.1) is 0 Å². The van der Waals surface area contributed by atoms with Gasteiger partial charge in [0, 0.05) is 12.6 Å². The lowest BCUT2D eigenvalue weighted by Gasteiger charge is -2.33. The molecule has 118 valence electrons. The highest BCUT2D eigenvalue weighted by Crippen LogP contribution is 2.29. The first kappa shape index (κ1) is 16.3. The maximum Gasteiger partial charge on any atom is 0.137 e. The zero-order valence-corrected chi connectivity index (χ0v) is 13.8. The zero-order chi connectivity index (χ0) is 15.2. The standard InChI is InChI=1S/C18H29NO2/c1-5-9-19-16-8-10-20-12-18(16)21-17-11-14(4)6-7-15(17)13(2)3/h6-7,11,13,16,18-19H,5,8-10,12H2,1-4H3. The summed E-state index contributed by atoms with van der Waals surface area (Å²) in [6.07, 6.45) is 2.27. The number of aryl methyl sites for hydroxylation is 1.